The molecule has 0 fully saturated rings. The topological polar surface area (TPSA) is 35.5 Å². The Morgan fingerprint density at radius 1 is 1.00 bits per heavy atom. The number of benzene rings is 2. The zero-order chi connectivity index (χ0) is 14.4. The van der Waals surface area contributed by atoms with E-state index in [2.05, 4.69) is 0 Å². The molecular formula is C16H16O3S. The van der Waals surface area contributed by atoms with Crippen LogP contribution in [0.25, 0.3) is 0 Å². The summed E-state index contributed by atoms with van der Waals surface area (Å²) in [6.07, 6.45) is 2.03. The van der Waals surface area contributed by atoms with Crippen molar-refractivity contribution in [1.82, 2.24) is 0 Å². The quantitative estimate of drug-likeness (QED) is 0.604. The van der Waals surface area contributed by atoms with Gasteiger partial charge in [0.15, 0.2) is 0 Å². The van der Waals surface area contributed by atoms with Gasteiger partial charge < -0.3 is 9.47 Å². The van der Waals surface area contributed by atoms with Crippen LogP contribution >= 0.6 is 11.8 Å². The van der Waals surface area contributed by atoms with Gasteiger partial charge in [-0.25, -0.2) is 4.79 Å². The van der Waals surface area contributed by atoms with Crippen LogP contribution in [-0.2, 0) is 4.74 Å². The lowest BCUT2D eigenvalue weighted by molar-refractivity contribution is 0.0526. The van der Waals surface area contributed by atoms with Crippen LogP contribution in [0.5, 0.6) is 11.5 Å². The van der Waals surface area contributed by atoms with E-state index in [0.29, 0.717) is 17.9 Å². The molecule has 0 heterocycles. The zero-order valence-electron chi connectivity index (χ0n) is 11.5. The average Bonchev–Trinajstić information content (AvgIpc) is 2.49. The van der Waals surface area contributed by atoms with Crippen molar-refractivity contribution in [2.45, 2.75) is 11.8 Å². The van der Waals surface area contributed by atoms with Gasteiger partial charge in [0.25, 0.3) is 0 Å². The van der Waals surface area contributed by atoms with Crippen LogP contribution in [0.2, 0.25) is 0 Å². The molecule has 0 aliphatic heterocycles. The molecule has 3 nitrogen and oxygen atoms in total. The van der Waals surface area contributed by atoms with E-state index in [1.165, 1.54) is 4.90 Å². The van der Waals surface area contributed by atoms with Crippen molar-refractivity contribution >= 4 is 17.7 Å². The van der Waals surface area contributed by atoms with Crippen molar-refractivity contribution < 1.29 is 14.3 Å². The smallest absolute Gasteiger partial charge is 0.338 e. The number of rotatable bonds is 5. The number of ether oxygens (including phenoxy) is 2. The normalized spacial score (nSPS) is 10.1. The molecular weight excluding hydrogens is 272 g/mol. The van der Waals surface area contributed by atoms with Gasteiger partial charge in [0.2, 0.25) is 0 Å². The Morgan fingerprint density at radius 2 is 1.55 bits per heavy atom. The second kappa shape index (κ2) is 7.01. The van der Waals surface area contributed by atoms with Crippen molar-refractivity contribution in [2.75, 3.05) is 12.9 Å². The third-order valence-corrected chi connectivity index (χ3v) is 3.40. The Hall–Kier alpha value is -1.94. The summed E-state index contributed by atoms with van der Waals surface area (Å²) in [7, 11) is 0. The molecule has 0 amide bonds. The van der Waals surface area contributed by atoms with Crippen LogP contribution in [-0.4, -0.2) is 18.8 Å². The molecule has 0 saturated carbocycles. The van der Waals surface area contributed by atoms with Crippen molar-refractivity contribution in [3.8, 4) is 11.5 Å². The SMILES string of the molecule is CCOC(=O)c1ccc(Oc2ccc(SC)cc2)cc1. The summed E-state index contributed by atoms with van der Waals surface area (Å²) in [5.74, 6) is 1.14. The molecule has 0 radical (unpaired) electrons. The third-order valence-electron chi connectivity index (χ3n) is 2.66. The standard InChI is InChI=1S/C16H16O3S/c1-3-18-16(17)12-4-6-13(7-5-12)19-14-8-10-15(20-2)11-9-14/h4-11H,3H2,1-2H3. The van der Waals surface area contributed by atoms with Gasteiger partial charge in [-0.3, -0.25) is 0 Å². The molecule has 4 heteroatoms. The fraction of sp³-hybridized carbons (Fsp3) is 0.188. The minimum absolute atomic E-state index is 0.316. The summed E-state index contributed by atoms with van der Waals surface area (Å²) in [5.41, 5.74) is 0.525. The monoisotopic (exact) mass is 288 g/mol. The number of esters is 1. The Bertz CT molecular complexity index is 561. The fourth-order valence-electron chi connectivity index (χ4n) is 1.65. The first-order valence-corrected chi connectivity index (χ1v) is 7.54. The van der Waals surface area contributed by atoms with E-state index >= 15 is 0 Å². The second-order valence-corrected chi connectivity index (χ2v) is 4.90. The van der Waals surface area contributed by atoms with E-state index in [-0.39, 0.29) is 5.97 Å². The zero-order valence-corrected chi connectivity index (χ0v) is 12.3. The van der Waals surface area contributed by atoms with Crippen LogP contribution in [0.3, 0.4) is 0 Å². The molecule has 2 aromatic carbocycles. The molecule has 0 unspecified atom stereocenters. The highest BCUT2D eigenvalue weighted by Crippen LogP contribution is 2.24. The van der Waals surface area contributed by atoms with Gasteiger partial charge in [0, 0.05) is 4.90 Å². The van der Waals surface area contributed by atoms with Crippen molar-refractivity contribution in [2.24, 2.45) is 0 Å². The highest BCUT2D eigenvalue weighted by molar-refractivity contribution is 7.98. The first kappa shape index (κ1) is 14.5. The molecule has 0 aliphatic carbocycles. The van der Waals surface area contributed by atoms with E-state index in [1.54, 1.807) is 43.0 Å². The fourth-order valence-corrected chi connectivity index (χ4v) is 2.06. The second-order valence-electron chi connectivity index (χ2n) is 4.02. The van der Waals surface area contributed by atoms with Crippen molar-refractivity contribution in [3.63, 3.8) is 0 Å². The molecule has 2 rings (SSSR count). The van der Waals surface area contributed by atoms with Crippen LogP contribution in [0.1, 0.15) is 17.3 Å². The first-order chi connectivity index (χ1) is 9.72. The van der Waals surface area contributed by atoms with E-state index in [4.69, 9.17) is 9.47 Å². The van der Waals surface area contributed by atoms with Gasteiger partial charge in [0.1, 0.15) is 11.5 Å². The number of carbonyl (C=O) groups excluding carboxylic acids is 1. The molecule has 0 saturated heterocycles. The molecule has 0 aliphatic rings. The minimum atomic E-state index is -0.316. The summed E-state index contributed by atoms with van der Waals surface area (Å²) in [6.45, 7) is 2.16. The lowest BCUT2D eigenvalue weighted by Crippen LogP contribution is -2.03. The molecule has 104 valence electrons. The van der Waals surface area contributed by atoms with Crippen LogP contribution < -0.4 is 4.74 Å². The molecule has 0 N–H and O–H groups in total. The van der Waals surface area contributed by atoms with E-state index < -0.39 is 0 Å². The van der Waals surface area contributed by atoms with E-state index in [1.807, 2.05) is 30.5 Å². The molecule has 0 atom stereocenters. The number of carbonyl (C=O) groups is 1. The van der Waals surface area contributed by atoms with Crippen LogP contribution in [0.4, 0.5) is 0 Å². The molecule has 2 aromatic rings. The van der Waals surface area contributed by atoms with Gasteiger partial charge in [-0.15, -0.1) is 11.8 Å². The van der Waals surface area contributed by atoms with Gasteiger partial charge in [-0.2, -0.15) is 0 Å². The van der Waals surface area contributed by atoms with E-state index in [9.17, 15) is 4.79 Å². The van der Waals surface area contributed by atoms with E-state index in [0.717, 1.165) is 5.75 Å². The predicted molar refractivity (Wildman–Crippen MR) is 80.7 cm³/mol. The first-order valence-electron chi connectivity index (χ1n) is 6.32. The van der Waals surface area contributed by atoms with Gasteiger partial charge in [-0.05, 0) is 61.7 Å². The summed E-state index contributed by atoms with van der Waals surface area (Å²) in [5, 5.41) is 0. The highest BCUT2D eigenvalue weighted by Gasteiger charge is 2.06. The lowest BCUT2D eigenvalue weighted by Gasteiger charge is -2.07. The maximum Gasteiger partial charge on any atom is 0.338 e. The third kappa shape index (κ3) is 3.78. The van der Waals surface area contributed by atoms with Gasteiger partial charge in [-0.1, -0.05) is 0 Å². The maximum atomic E-state index is 11.5. The summed E-state index contributed by atoms with van der Waals surface area (Å²) in [4.78, 5) is 12.7. The highest BCUT2D eigenvalue weighted by atomic mass is 32.2. The molecule has 20 heavy (non-hydrogen) atoms. The maximum absolute atomic E-state index is 11.5. The number of hydrogen-bond acceptors (Lipinski definition) is 4. The lowest BCUT2D eigenvalue weighted by atomic mass is 10.2. The number of thioether (sulfide) groups is 1. The largest absolute Gasteiger partial charge is 0.462 e. The Morgan fingerprint density at radius 3 is 2.05 bits per heavy atom. The summed E-state index contributed by atoms with van der Waals surface area (Å²) in [6, 6.07) is 14.8. The average molecular weight is 288 g/mol. The minimum Gasteiger partial charge on any atom is -0.462 e. The Balaban J connectivity index is 2.04. The van der Waals surface area contributed by atoms with Gasteiger partial charge >= 0.3 is 5.97 Å². The van der Waals surface area contributed by atoms with Crippen molar-refractivity contribution in [3.05, 3.63) is 54.1 Å². The molecule has 0 aromatic heterocycles. The summed E-state index contributed by atoms with van der Waals surface area (Å²) < 4.78 is 10.6. The van der Waals surface area contributed by atoms with Gasteiger partial charge in [0.05, 0.1) is 12.2 Å². The molecule has 0 bridgehead atoms. The Kier molecular flexibility index (Phi) is 5.07. The van der Waals surface area contributed by atoms with Crippen LogP contribution in [0, 0.1) is 0 Å². The Labute approximate surface area is 122 Å². The molecule has 0 spiro atoms. The van der Waals surface area contributed by atoms with Crippen molar-refractivity contribution in [1.29, 1.82) is 0 Å². The summed E-state index contributed by atoms with van der Waals surface area (Å²) >= 11 is 1.69. The number of hydrogen-bond donors (Lipinski definition) is 0. The predicted octanol–water partition coefficient (Wildman–Crippen LogP) is 4.38. The van der Waals surface area contributed by atoms with Crippen LogP contribution in [0.15, 0.2) is 53.4 Å².